The van der Waals surface area contributed by atoms with E-state index in [9.17, 15) is 0 Å². The second-order valence-corrected chi connectivity index (χ2v) is 19.6. The molecule has 3 nitrogen and oxygen atoms in total. The molecule has 0 aliphatic rings. The summed E-state index contributed by atoms with van der Waals surface area (Å²) in [4.78, 5) is 9.29. The number of hydrogen-bond acceptors (Lipinski definition) is 3. The molecule has 5 aromatic rings. The van der Waals surface area contributed by atoms with Gasteiger partial charge in [0, 0.05) is 0 Å². The number of fused-ring (bicyclic) bond motifs is 4. The van der Waals surface area contributed by atoms with E-state index in [2.05, 4.69) is 72.5 Å². The van der Waals surface area contributed by atoms with Crippen molar-refractivity contribution in [1.29, 1.82) is 0 Å². The molecule has 0 aliphatic heterocycles. The molecule has 0 radical (unpaired) electrons. The Balaban J connectivity index is 1.85. The van der Waals surface area contributed by atoms with E-state index in [-0.39, 0.29) is 0 Å². The molecular formula is C25H24GeN2O. The standard InChI is InChI=1S/C25H24GeN2O/c1-15-11-19-23-16(2)7-6-8-22(23)29-25(19)20(12-15)24-18-10-9-17(26(3,4)5)13-21(18)27-14-28-24/h6-14H,1-5H3. The third kappa shape index (κ3) is 2.96. The molecular weight excluding hydrogens is 417 g/mol. The summed E-state index contributed by atoms with van der Waals surface area (Å²) in [6.45, 7) is 4.27. The summed E-state index contributed by atoms with van der Waals surface area (Å²) in [5.74, 6) is 7.22. The van der Waals surface area contributed by atoms with Crippen molar-refractivity contribution in [2.45, 2.75) is 31.1 Å². The van der Waals surface area contributed by atoms with Gasteiger partial charge in [-0.15, -0.1) is 0 Å². The minimum absolute atomic E-state index is 0.900. The van der Waals surface area contributed by atoms with Gasteiger partial charge in [-0.05, 0) is 0 Å². The van der Waals surface area contributed by atoms with Gasteiger partial charge < -0.3 is 0 Å². The van der Waals surface area contributed by atoms with Gasteiger partial charge in [-0.1, -0.05) is 0 Å². The summed E-state index contributed by atoms with van der Waals surface area (Å²) < 4.78 is 7.80. The first-order valence-electron chi connectivity index (χ1n) is 10.0. The number of rotatable bonds is 2. The Morgan fingerprint density at radius 3 is 2.48 bits per heavy atom. The van der Waals surface area contributed by atoms with Crippen molar-refractivity contribution in [3.05, 3.63) is 66.0 Å². The summed E-state index contributed by atoms with van der Waals surface area (Å²) in [6.07, 6.45) is 1.68. The number of aromatic nitrogens is 2. The quantitative estimate of drug-likeness (QED) is 0.300. The number of aryl methyl sites for hydroxylation is 2. The minimum atomic E-state index is -1.93. The fourth-order valence-corrected chi connectivity index (χ4v) is 6.58. The van der Waals surface area contributed by atoms with Crippen molar-refractivity contribution in [2.24, 2.45) is 0 Å². The molecule has 0 unspecified atom stereocenters. The molecule has 0 N–H and O–H groups in total. The molecule has 29 heavy (non-hydrogen) atoms. The zero-order valence-electron chi connectivity index (χ0n) is 17.5. The summed E-state index contributed by atoms with van der Waals surface area (Å²) >= 11 is -1.93. The van der Waals surface area contributed by atoms with Gasteiger partial charge in [-0.25, -0.2) is 0 Å². The van der Waals surface area contributed by atoms with E-state index in [0.717, 1.165) is 38.7 Å². The van der Waals surface area contributed by atoms with Crippen LogP contribution in [0.3, 0.4) is 0 Å². The molecule has 0 fully saturated rings. The molecule has 0 bridgehead atoms. The van der Waals surface area contributed by atoms with E-state index in [0.29, 0.717) is 0 Å². The van der Waals surface area contributed by atoms with Crippen LogP contribution < -0.4 is 4.40 Å². The van der Waals surface area contributed by atoms with Crippen LogP contribution in [0.15, 0.2) is 59.3 Å². The van der Waals surface area contributed by atoms with Crippen molar-refractivity contribution in [2.75, 3.05) is 0 Å². The Kier molecular flexibility index (Phi) is 4.07. The van der Waals surface area contributed by atoms with E-state index in [1.165, 1.54) is 20.9 Å². The molecule has 0 spiro atoms. The fourth-order valence-electron chi connectivity index (χ4n) is 4.16. The molecule has 0 saturated carbocycles. The average molecular weight is 441 g/mol. The van der Waals surface area contributed by atoms with Crippen molar-refractivity contribution in [1.82, 2.24) is 9.97 Å². The summed E-state index contributed by atoms with van der Waals surface area (Å²) in [5, 5.41) is 3.42. The van der Waals surface area contributed by atoms with Gasteiger partial charge in [-0.3, -0.25) is 0 Å². The predicted molar refractivity (Wildman–Crippen MR) is 125 cm³/mol. The van der Waals surface area contributed by atoms with Crippen molar-refractivity contribution in [3.63, 3.8) is 0 Å². The summed E-state index contributed by atoms with van der Waals surface area (Å²) in [7, 11) is 0. The van der Waals surface area contributed by atoms with Gasteiger partial charge in [0.1, 0.15) is 0 Å². The molecule has 2 heterocycles. The SMILES string of the molecule is Cc1cc(-c2ncnc3c[c]([Ge]([CH3])([CH3])[CH3])ccc23)c2oc3cccc(C)c3c2c1. The number of hydrogen-bond donors (Lipinski definition) is 0. The van der Waals surface area contributed by atoms with Crippen molar-refractivity contribution in [3.8, 4) is 11.3 Å². The first-order valence-corrected chi connectivity index (χ1v) is 17.4. The molecule has 2 aromatic heterocycles. The zero-order chi connectivity index (χ0) is 20.3. The Labute approximate surface area is 173 Å². The second kappa shape index (κ2) is 6.43. The second-order valence-electron chi connectivity index (χ2n) is 8.94. The van der Waals surface area contributed by atoms with E-state index in [4.69, 9.17) is 9.40 Å². The molecule has 0 atom stereocenters. The van der Waals surface area contributed by atoms with Crippen LogP contribution in [0.25, 0.3) is 44.1 Å². The van der Waals surface area contributed by atoms with Crippen LogP contribution >= 0.6 is 0 Å². The molecule has 0 aliphatic carbocycles. The molecule has 0 saturated heterocycles. The maximum absolute atomic E-state index is 6.35. The van der Waals surface area contributed by atoms with Gasteiger partial charge in [0.2, 0.25) is 0 Å². The molecule has 5 rings (SSSR count). The Bertz CT molecular complexity index is 1410. The van der Waals surface area contributed by atoms with Crippen LogP contribution in [-0.2, 0) is 0 Å². The van der Waals surface area contributed by atoms with Crippen LogP contribution in [0, 0.1) is 13.8 Å². The topological polar surface area (TPSA) is 38.9 Å². The Morgan fingerprint density at radius 2 is 1.69 bits per heavy atom. The number of benzene rings is 3. The summed E-state index contributed by atoms with van der Waals surface area (Å²) in [5.41, 5.74) is 7.24. The maximum atomic E-state index is 6.35. The van der Waals surface area contributed by atoms with Gasteiger partial charge in [0.15, 0.2) is 0 Å². The van der Waals surface area contributed by atoms with E-state index >= 15 is 0 Å². The number of nitrogens with zero attached hydrogens (tertiary/aromatic N) is 2. The van der Waals surface area contributed by atoms with Crippen LogP contribution in [0.4, 0.5) is 0 Å². The normalized spacial score (nSPS) is 12.3. The zero-order valence-corrected chi connectivity index (χ0v) is 19.6. The van der Waals surface area contributed by atoms with Crippen molar-refractivity contribution < 1.29 is 4.42 Å². The third-order valence-corrected chi connectivity index (χ3v) is 9.99. The van der Waals surface area contributed by atoms with Gasteiger partial charge in [0.25, 0.3) is 0 Å². The van der Waals surface area contributed by atoms with E-state index < -0.39 is 13.3 Å². The van der Waals surface area contributed by atoms with Gasteiger partial charge >= 0.3 is 173 Å². The molecule has 0 amide bonds. The fraction of sp³-hybridized carbons (Fsp3) is 0.200. The monoisotopic (exact) mass is 442 g/mol. The van der Waals surface area contributed by atoms with Crippen LogP contribution in [-0.4, -0.2) is 23.2 Å². The first kappa shape index (κ1) is 18.4. The van der Waals surface area contributed by atoms with Crippen molar-refractivity contribution >= 4 is 50.5 Å². The average Bonchev–Trinajstić information content (AvgIpc) is 3.05. The molecule has 3 aromatic carbocycles. The van der Waals surface area contributed by atoms with E-state index in [1.807, 2.05) is 12.1 Å². The Hall–Kier alpha value is -2.66. The van der Waals surface area contributed by atoms with E-state index in [1.54, 1.807) is 6.33 Å². The van der Waals surface area contributed by atoms with Crippen LogP contribution in [0.5, 0.6) is 0 Å². The van der Waals surface area contributed by atoms with Crippen LogP contribution in [0.2, 0.25) is 17.3 Å². The molecule has 4 heteroatoms. The van der Waals surface area contributed by atoms with Gasteiger partial charge in [-0.2, -0.15) is 0 Å². The summed E-state index contributed by atoms with van der Waals surface area (Å²) in [6, 6.07) is 17.3. The van der Waals surface area contributed by atoms with Gasteiger partial charge in [0.05, 0.1) is 0 Å². The molecule has 144 valence electrons. The number of furan rings is 1. The third-order valence-electron chi connectivity index (χ3n) is 5.71. The predicted octanol–water partition coefficient (Wildman–Crippen LogP) is 6.36. The first-order chi connectivity index (χ1) is 13.8. The van der Waals surface area contributed by atoms with Crippen LogP contribution in [0.1, 0.15) is 11.1 Å². The Morgan fingerprint density at radius 1 is 0.862 bits per heavy atom.